The van der Waals surface area contributed by atoms with Crippen molar-refractivity contribution in [3.63, 3.8) is 0 Å². The van der Waals surface area contributed by atoms with Gasteiger partial charge in [0, 0.05) is 11.4 Å². The molecule has 110 valence electrons. The lowest BCUT2D eigenvalue weighted by atomic mass is 10.1. The van der Waals surface area contributed by atoms with Crippen LogP contribution in [0.4, 0.5) is 11.8 Å². The molecule has 0 saturated carbocycles. The van der Waals surface area contributed by atoms with Gasteiger partial charge in [-0.3, -0.25) is 0 Å². The van der Waals surface area contributed by atoms with Gasteiger partial charge in [0.25, 0.3) is 0 Å². The van der Waals surface area contributed by atoms with Gasteiger partial charge in [-0.2, -0.15) is 4.98 Å². The van der Waals surface area contributed by atoms with Crippen LogP contribution in [0.15, 0.2) is 6.07 Å². The van der Waals surface area contributed by atoms with Crippen molar-refractivity contribution in [3.8, 4) is 0 Å². The average Bonchev–Trinajstić information content (AvgIpc) is 2.80. The van der Waals surface area contributed by atoms with E-state index in [9.17, 15) is 0 Å². The molecule has 0 bridgehead atoms. The van der Waals surface area contributed by atoms with E-state index in [1.165, 1.54) is 17.7 Å². The van der Waals surface area contributed by atoms with Gasteiger partial charge in [-0.1, -0.05) is 33.6 Å². The first kappa shape index (κ1) is 15.0. The average molecular weight is 292 g/mol. The monoisotopic (exact) mass is 292 g/mol. The maximum atomic E-state index is 5.79. The first-order chi connectivity index (χ1) is 9.60. The normalized spacial score (nSPS) is 11.4. The Morgan fingerprint density at radius 1 is 1.30 bits per heavy atom. The van der Waals surface area contributed by atoms with Crippen molar-refractivity contribution in [1.82, 2.24) is 9.97 Å². The molecule has 0 amide bonds. The second-order valence-corrected chi connectivity index (χ2v) is 6.65. The maximum Gasteiger partial charge on any atom is 0.223 e. The molecule has 0 fully saturated rings. The molecule has 3 N–H and O–H groups in total. The zero-order chi connectivity index (χ0) is 14.5. The van der Waals surface area contributed by atoms with Crippen molar-refractivity contribution >= 4 is 33.3 Å². The highest BCUT2D eigenvalue weighted by Crippen LogP contribution is 2.29. The molecule has 20 heavy (non-hydrogen) atoms. The number of hydrogen-bond donors (Lipinski definition) is 2. The molecule has 0 spiro atoms. The maximum absolute atomic E-state index is 5.79. The van der Waals surface area contributed by atoms with Gasteiger partial charge in [-0.25, -0.2) is 4.98 Å². The summed E-state index contributed by atoms with van der Waals surface area (Å²) in [5.74, 6) is 2.01. The lowest BCUT2D eigenvalue weighted by molar-refractivity contribution is 0.544. The second kappa shape index (κ2) is 6.88. The predicted octanol–water partition coefficient (Wildman–Crippen LogP) is 4.07. The molecule has 0 saturated heterocycles. The minimum atomic E-state index is 0.353. The number of unbranched alkanes of at least 4 members (excludes halogenated alkanes) is 1. The Morgan fingerprint density at radius 2 is 2.10 bits per heavy atom. The number of nitrogen functional groups attached to an aromatic ring is 1. The lowest BCUT2D eigenvalue weighted by Gasteiger charge is -2.08. The largest absolute Gasteiger partial charge is 0.369 e. The summed E-state index contributed by atoms with van der Waals surface area (Å²) in [7, 11) is 0. The molecule has 0 atom stereocenters. The highest BCUT2D eigenvalue weighted by Gasteiger charge is 2.09. The van der Waals surface area contributed by atoms with Crippen LogP contribution in [-0.4, -0.2) is 16.5 Å². The summed E-state index contributed by atoms with van der Waals surface area (Å²) >= 11 is 1.70. The quantitative estimate of drug-likeness (QED) is 0.755. The summed E-state index contributed by atoms with van der Waals surface area (Å²) in [6.07, 6.45) is 4.71. The standard InChI is InChI=1S/C15H24N4S/c1-4-11-9-12-13(17-8-6-5-7-10(2)3)18-15(16)19-14(12)20-11/h9-10H,4-8H2,1-3H3,(H3,16,17,18,19). The van der Waals surface area contributed by atoms with Crippen LogP contribution in [0.5, 0.6) is 0 Å². The van der Waals surface area contributed by atoms with Gasteiger partial charge < -0.3 is 11.1 Å². The SMILES string of the molecule is CCc1cc2c(NCCCCC(C)C)nc(N)nc2s1. The molecule has 0 aromatic carbocycles. The van der Waals surface area contributed by atoms with Crippen LogP contribution in [0, 0.1) is 5.92 Å². The van der Waals surface area contributed by atoms with Crippen molar-refractivity contribution in [2.24, 2.45) is 5.92 Å². The number of nitrogens with zero attached hydrogens (tertiary/aromatic N) is 2. The summed E-state index contributed by atoms with van der Waals surface area (Å²) in [5, 5.41) is 4.52. The van der Waals surface area contributed by atoms with Crippen molar-refractivity contribution in [2.45, 2.75) is 46.5 Å². The topological polar surface area (TPSA) is 63.8 Å². The van der Waals surface area contributed by atoms with Gasteiger partial charge in [0.2, 0.25) is 5.95 Å². The van der Waals surface area contributed by atoms with Crippen LogP contribution in [0.3, 0.4) is 0 Å². The van der Waals surface area contributed by atoms with Gasteiger partial charge >= 0.3 is 0 Å². The van der Waals surface area contributed by atoms with Crippen LogP contribution in [0.1, 0.15) is 44.9 Å². The molecule has 4 nitrogen and oxygen atoms in total. The zero-order valence-electron chi connectivity index (χ0n) is 12.6. The van der Waals surface area contributed by atoms with Crippen LogP contribution in [-0.2, 0) is 6.42 Å². The number of rotatable bonds is 7. The van der Waals surface area contributed by atoms with Gasteiger partial charge in [-0.05, 0) is 24.8 Å². The fourth-order valence-corrected chi connectivity index (χ4v) is 3.16. The van der Waals surface area contributed by atoms with Crippen LogP contribution in [0.2, 0.25) is 0 Å². The van der Waals surface area contributed by atoms with E-state index in [0.29, 0.717) is 5.95 Å². The minimum Gasteiger partial charge on any atom is -0.369 e. The van der Waals surface area contributed by atoms with E-state index >= 15 is 0 Å². The number of fused-ring (bicyclic) bond motifs is 1. The number of hydrogen-bond acceptors (Lipinski definition) is 5. The molecule has 2 aromatic rings. The molecule has 5 heteroatoms. The third-order valence-corrected chi connectivity index (χ3v) is 4.48. The van der Waals surface area contributed by atoms with Crippen LogP contribution in [0.25, 0.3) is 10.2 Å². The molecule has 2 heterocycles. The second-order valence-electron chi connectivity index (χ2n) is 5.53. The Kier molecular flexibility index (Phi) is 5.17. The Labute approximate surface area is 124 Å². The number of aromatic nitrogens is 2. The number of aryl methyl sites for hydroxylation is 1. The summed E-state index contributed by atoms with van der Waals surface area (Å²) in [6.45, 7) is 7.62. The van der Waals surface area contributed by atoms with E-state index in [4.69, 9.17) is 5.73 Å². The fourth-order valence-electron chi connectivity index (χ4n) is 2.18. The van der Waals surface area contributed by atoms with Gasteiger partial charge in [0.15, 0.2) is 0 Å². The molecule has 0 radical (unpaired) electrons. The van der Waals surface area contributed by atoms with Crippen LogP contribution >= 0.6 is 11.3 Å². The molecule has 2 aromatic heterocycles. The summed E-state index contributed by atoms with van der Waals surface area (Å²) < 4.78 is 0. The Balaban J connectivity index is 2.03. The zero-order valence-corrected chi connectivity index (χ0v) is 13.4. The lowest BCUT2D eigenvalue weighted by Crippen LogP contribution is -2.06. The number of thiophene rings is 1. The van der Waals surface area contributed by atoms with Crippen LogP contribution < -0.4 is 11.1 Å². The van der Waals surface area contributed by atoms with E-state index in [-0.39, 0.29) is 0 Å². The molecule has 2 rings (SSSR count). The van der Waals surface area contributed by atoms with E-state index in [0.717, 1.165) is 41.3 Å². The first-order valence-electron chi connectivity index (χ1n) is 7.40. The van der Waals surface area contributed by atoms with E-state index in [1.54, 1.807) is 11.3 Å². The smallest absolute Gasteiger partial charge is 0.223 e. The number of nitrogens with two attached hydrogens (primary N) is 1. The van der Waals surface area contributed by atoms with Gasteiger partial charge in [-0.15, -0.1) is 11.3 Å². The fraction of sp³-hybridized carbons (Fsp3) is 0.600. The number of anilines is 2. The Bertz CT molecular complexity index is 562. The Morgan fingerprint density at radius 3 is 2.80 bits per heavy atom. The van der Waals surface area contributed by atoms with E-state index in [2.05, 4.69) is 42.1 Å². The summed E-state index contributed by atoms with van der Waals surface area (Å²) in [4.78, 5) is 11.0. The molecular weight excluding hydrogens is 268 g/mol. The molecule has 0 aliphatic rings. The Hall–Kier alpha value is -1.36. The van der Waals surface area contributed by atoms with E-state index in [1.807, 2.05) is 0 Å². The molecule has 0 aliphatic carbocycles. The van der Waals surface area contributed by atoms with Gasteiger partial charge in [0.1, 0.15) is 10.6 Å². The van der Waals surface area contributed by atoms with Crippen molar-refractivity contribution in [2.75, 3.05) is 17.6 Å². The third-order valence-electron chi connectivity index (χ3n) is 3.31. The minimum absolute atomic E-state index is 0.353. The van der Waals surface area contributed by atoms with Crippen molar-refractivity contribution < 1.29 is 0 Å². The van der Waals surface area contributed by atoms with E-state index < -0.39 is 0 Å². The van der Waals surface area contributed by atoms with Crippen molar-refractivity contribution in [1.29, 1.82) is 0 Å². The molecular formula is C15H24N4S. The number of nitrogens with one attached hydrogen (secondary N) is 1. The highest BCUT2D eigenvalue weighted by atomic mass is 32.1. The first-order valence-corrected chi connectivity index (χ1v) is 8.21. The third kappa shape index (κ3) is 3.82. The summed E-state index contributed by atoms with van der Waals surface area (Å²) in [6, 6.07) is 2.18. The molecule has 0 unspecified atom stereocenters. The van der Waals surface area contributed by atoms with Gasteiger partial charge in [0.05, 0.1) is 5.39 Å². The van der Waals surface area contributed by atoms with Crippen molar-refractivity contribution in [3.05, 3.63) is 10.9 Å². The predicted molar refractivity (Wildman–Crippen MR) is 88.4 cm³/mol. The highest BCUT2D eigenvalue weighted by molar-refractivity contribution is 7.18. The molecule has 0 aliphatic heterocycles. The summed E-state index contributed by atoms with van der Waals surface area (Å²) in [5.41, 5.74) is 5.79.